The molecule has 2 nitrogen and oxygen atoms in total. The number of thiophene rings is 1. The van der Waals surface area contributed by atoms with Gasteiger partial charge < -0.3 is 4.74 Å². The maximum absolute atomic E-state index is 11.5. The number of carbonyl (C=O) groups excluding carboxylic acids is 1. The Labute approximate surface area is 82.5 Å². The normalized spacial score (nSPS) is 10.5. The molecule has 0 spiro atoms. The maximum Gasteiger partial charge on any atom is 0.339 e. The maximum atomic E-state index is 11.5. The molecule has 1 aromatic heterocycles. The summed E-state index contributed by atoms with van der Waals surface area (Å²) >= 11 is 1.59. The summed E-state index contributed by atoms with van der Waals surface area (Å²) in [6.07, 6.45) is -0.0490. The van der Waals surface area contributed by atoms with Crippen LogP contribution >= 0.6 is 11.3 Å². The summed E-state index contributed by atoms with van der Waals surface area (Å²) in [5.74, 6) is -0.211. The Morgan fingerprint density at radius 3 is 2.46 bits per heavy atom. The topological polar surface area (TPSA) is 26.3 Å². The average Bonchev–Trinajstić information content (AvgIpc) is 2.31. The lowest BCUT2D eigenvalue weighted by Gasteiger charge is -2.06. The predicted molar refractivity (Wildman–Crippen MR) is 54.3 cm³/mol. The first-order valence-electron chi connectivity index (χ1n) is 4.28. The third-order valence-corrected chi connectivity index (χ3v) is 2.86. The van der Waals surface area contributed by atoms with E-state index < -0.39 is 0 Å². The van der Waals surface area contributed by atoms with Crippen molar-refractivity contribution in [2.24, 2.45) is 0 Å². The van der Waals surface area contributed by atoms with Crippen LogP contribution in [0.4, 0.5) is 0 Å². The first-order valence-corrected chi connectivity index (χ1v) is 5.16. The van der Waals surface area contributed by atoms with Crippen molar-refractivity contribution in [3.63, 3.8) is 0 Å². The van der Waals surface area contributed by atoms with Gasteiger partial charge in [-0.25, -0.2) is 4.79 Å². The fourth-order valence-electron chi connectivity index (χ4n) is 0.993. The molecule has 0 fully saturated rings. The minimum atomic E-state index is -0.211. The number of ether oxygens (including phenoxy) is 1. The number of carbonyl (C=O) groups is 1. The number of rotatable bonds is 2. The van der Waals surface area contributed by atoms with Gasteiger partial charge in [0.1, 0.15) is 0 Å². The standard InChI is InChI=1S/C10H14O2S/c1-6(2)12-10(11)9-5-13-8(4)7(9)3/h5-6H,1-4H3. The molecular formula is C10H14O2S. The van der Waals surface area contributed by atoms with E-state index in [0.717, 1.165) is 5.56 Å². The van der Waals surface area contributed by atoms with Gasteiger partial charge in [0, 0.05) is 10.3 Å². The summed E-state index contributed by atoms with van der Waals surface area (Å²) in [7, 11) is 0. The van der Waals surface area contributed by atoms with Gasteiger partial charge >= 0.3 is 5.97 Å². The molecule has 0 atom stereocenters. The minimum absolute atomic E-state index is 0.0490. The number of hydrogen-bond donors (Lipinski definition) is 0. The molecule has 72 valence electrons. The molecule has 0 amide bonds. The van der Waals surface area contributed by atoms with Gasteiger partial charge in [0.15, 0.2) is 0 Å². The molecule has 0 saturated heterocycles. The second-order valence-corrected chi connectivity index (χ2v) is 4.37. The molecule has 0 bridgehead atoms. The Morgan fingerprint density at radius 2 is 2.08 bits per heavy atom. The smallest absolute Gasteiger partial charge is 0.339 e. The molecule has 0 radical (unpaired) electrons. The number of aryl methyl sites for hydroxylation is 1. The molecule has 0 aromatic carbocycles. The van der Waals surface area contributed by atoms with Crippen LogP contribution in [0, 0.1) is 13.8 Å². The van der Waals surface area contributed by atoms with Crippen molar-refractivity contribution in [1.82, 2.24) is 0 Å². The summed E-state index contributed by atoms with van der Waals surface area (Å²) in [5.41, 5.74) is 1.74. The molecule has 3 heteroatoms. The highest BCUT2D eigenvalue weighted by Crippen LogP contribution is 2.21. The molecule has 13 heavy (non-hydrogen) atoms. The lowest BCUT2D eigenvalue weighted by atomic mass is 10.2. The summed E-state index contributed by atoms with van der Waals surface area (Å²) in [4.78, 5) is 12.7. The Morgan fingerprint density at radius 1 is 1.46 bits per heavy atom. The first-order chi connectivity index (χ1) is 6.02. The Balaban J connectivity index is 2.83. The van der Waals surface area contributed by atoms with Gasteiger partial charge in [-0.2, -0.15) is 0 Å². The highest BCUT2D eigenvalue weighted by atomic mass is 32.1. The van der Waals surface area contributed by atoms with Crippen molar-refractivity contribution in [3.8, 4) is 0 Å². The lowest BCUT2D eigenvalue weighted by molar-refractivity contribution is 0.0377. The van der Waals surface area contributed by atoms with E-state index in [4.69, 9.17) is 4.74 Å². The van der Waals surface area contributed by atoms with Crippen LogP contribution < -0.4 is 0 Å². The van der Waals surface area contributed by atoms with Crippen LogP contribution in [0.3, 0.4) is 0 Å². The molecule has 0 unspecified atom stereocenters. The van der Waals surface area contributed by atoms with E-state index in [2.05, 4.69) is 0 Å². The van der Waals surface area contributed by atoms with Crippen LogP contribution in [0.5, 0.6) is 0 Å². The van der Waals surface area contributed by atoms with Crippen molar-refractivity contribution in [1.29, 1.82) is 0 Å². The monoisotopic (exact) mass is 198 g/mol. The highest BCUT2D eigenvalue weighted by Gasteiger charge is 2.14. The summed E-state index contributed by atoms with van der Waals surface area (Å²) in [5, 5.41) is 1.86. The van der Waals surface area contributed by atoms with Gasteiger partial charge in [0.05, 0.1) is 11.7 Å². The van der Waals surface area contributed by atoms with Crippen molar-refractivity contribution < 1.29 is 9.53 Å². The fourth-order valence-corrected chi connectivity index (χ4v) is 1.85. The second-order valence-electron chi connectivity index (χ2n) is 3.28. The predicted octanol–water partition coefficient (Wildman–Crippen LogP) is 2.93. The van der Waals surface area contributed by atoms with Crippen molar-refractivity contribution in [2.75, 3.05) is 0 Å². The average molecular weight is 198 g/mol. The van der Waals surface area contributed by atoms with Gasteiger partial charge in [0.2, 0.25) is 0 Å². The molecule has 0 aliphatic heterocycles. The molecule has 1 aromatic rings. The third-order valence-electron chi connectivity index (χ3n) is 1.85. The van der Waals surface area contributed by atoms with Gasteiger partial charge in [-0.05, 0) is 33.3 Å². The Kier molecular flexibility index (Phi) is 3.09. The molecule has 0 aliphatic carbocycles. The molecule has 0 saturated carbocycles. The van der Waals surface area contributed by atoms with Crippen LogP contribution in [0.2, 0.25) is 0 Å². The zero-order chi connectivity index (χ0) is 10.0. The van der Waals surface area contributed by atoms with Crippen LogP contribution in [0.25, 0.3) is 0 Å². The van der Waals surface area contributed by atoms with E-state index in [0.29, 0.717) is 5.56 Å². The first kappa shape index (κ1) is 10.3. The lowest BCUT2D eigenvalue weighted by Crippen LogP contribution is -2.11. The van der Waals surface area contributed by atoms with Gasteiger partial charge in [-0.1, -0.05) is 0 Å². The largest absolute Gasteiger partial charge is 0.459 e. The second kappa shape index (κ2) is 3.92. The summed E-state index contributed by atoms with van der Waals surface area (Å²) in [6.45, 7) is 7.66. The van der Waals surface area contributed by atoms with E-state index in [1.807, 2.05) is 33.1 Å². The summed E-state index contributed by atoms with van der Waals surface area (Å²) in [6, 6.07) is 0. The quantitative estimate of drug-likeness (QED) is 0.683. The number of hydrogen-bond acceptors (Lipinski definition) is 3. The SMILES string of the molecule is Cc1scc(C(=O)OC(C)C)c1C. The van der Waals surface area contributed by atoms with Gasteiger partial charge in [-0.3, -0.25) is 0 Å². The molecule has 0 aliphatic rings. The molecular weight excluding hydrogens is 184 g/mol. The van der Waals surface area contributed by atoms with E-state index in [9.17, 15) is 4.79 Å². The van der Waals surface area contributed by atoms with E-state index in [1.54, 1.807) is 11.3 Å². The number of esters is 1. The summed E-state index contributed by atoms with van der Waals surface area (Å²) < 4.78 is 5.10. The van der Waals surface area contributed by atoms with Crippen LogP contribution in [-0.2, 0) is 4.74 Å². The van der Waals surface area contributed by atoms with E-state index in [1.165, 1.54) is 4.88 Å². The van der Waals surface area contributed by atoms with E-state index >= 15 is 0 Å². The van der Waals surface area contributed by atoms with Crippen LogP contribution in [-0.4, -0.2) is 12.1 Å². The minimum Gasteiger partial charge on any atom is -0.459 e. The molecule has 1 heterocycles. The van der Waals surface area contributed by atoms with Crippen molar-refractivity contribution in [2.45, 2.75) is 33.8 Å². The Bertz CT molecular complexity index is 313. The van der Waals surface area contributed by atoms with Crippen LogP contribution in [0.1, 0.15) is 34.6 Å². The van der Waals surface area contributed by atoms with Crippen LogP contribution in [0.15, 0.2) is 5.38 Å². The van der Waals surface area contributed by atoms with Crippen molar-refractivity contribution in [3.05, 3.63) is 21.4 Å². The molecule has 0 N–H and O–H groups in total. The highest BCUT2D eigenvalue weighted by molar-refractivity contribution is 7.10. The van der Waals surface area contributed by atoms with Gasteiger partial charge in [0.25, 0.3) is 0 Å². The zero-order valence-electron chi connectivity index (χ0n) is 8.38. The van der Waals surface area contributed by atoms with Gasteiger partial charge in [-0.15, -0.1) is 11.3 Å². The fraction of sp³-hybridized carbons (Fsp3) is 0.500. The zero-order valence-corrected chi connectivity index (χ0v) is 9.20. The van der Waals surface area contributed by atoms with Crippen molar-refractivity contribution >= 4 is 17.3 Å². The third kappa shape index (κ3) is 2.31. The van der Waals surface area contributed by atoms with E-state index in [-0.39, 0.29) is 12.1 Å². The Hall–Kier alpha value is -0.830. The molecule has 1 rings (SSSR count).